The number of halogens is 4. The molecule has 0 aliphatic carbocycles. The molecule has 0 spiro atoms. The van der Waals surface area contributed by atoms with Crippen LogP contribution in [0.1, 0.15) is 70.2 Å². The molecule has 2 aromatic heterocycles. The molecule has 0 radical (unpaired) electrons. The normalized spacial score (nSPS) is 22.2. The zero-order valence-corrected chi connectivity index (χ0v) is 18.7. The van der Waals surface area contributed by atoms with Gasteiger partial charge < -0.3 is 9.47 Å². The van der Waals surface area contributed by atoms with Gasteiger partial charge in [-0.1, -0.05) is 13.8 Å². The molecular formula is C20H27ClF3N5O. The van der Waals surface area contributed by atoms with Gasteiger partial charge in [0.1, 0.15) is 11.4 Å². The van der Waals surface area contributed by atoms with Crippen molar-refractivity contribution < 1.29 is 18.0 Å². The zero-order chi connectivity index (χ0) is 22.6. The van der Waals surface area contributed by atoms with Gasteiger partial charge in [0.15, 0.2) is 5.69 Å². The molecular weight excluding hydrogens is 419 g/mol. The lowest BCUT2D eigenvalue weighted by Crippen LogP contribution is -2.41. The van der Waals surface area contributed by atoms with Gasteiger partial charge in [-0.2, -0.15) is 18.3 Å². The first kappa shape index (κ1) is 22.7. The molecule has 3 rings (SSSR count). The van der Waals surface area contributed by atoms with E-state index in [9.17, 15) is 18.0 Å². The molecule has 1 saturated heterocycles. The maximum absolute atomic E-state index is 13.5. The predicted molar refractivity (Wildman–Crippen MR) is 109 cm³/mol. The number of rotatable bonds is 5. The Morgan fingerprint density at radius 2 is 1.87 bits per heavy atom. The second kappa shape index (κ2) is 7.59. The molecule has 10 heteroatoms. The van der Waals surface area contributed by atoms with Gasteiger partial charge in [-0.15, -0.1) is 11.6 Å². The molecule has 30 heavy (non-hydrogen) atoms. The summed E-state index contributed by atoms with van der Waals surface area (Å²) in [6, 6.07) is -0.0767. The first-order chi connectivity index (χ1) is 13.8. The van der Waals surface area contributed by atoms with E-state index in [2.05, 4.69) is 10.1 Å². The Hall–Kier alpha value is -2.03. The van der Waals surface area contributed by atoms with Crippen molar-refractivity contribution in [2.75, 3.05) is 11.4 Å². The Kier molecular flexibility index (Phi) is 5.73. The summed E-state index contributed by atoms with van der Waals surface area (Å²) >= 11 is 6.28. The fourth-order valence-electron chi connectivity index (χ4n) is 4.04. The third-order valence-corrected chi connectivity index (χ3v) is 6.30. The molecule has 166 valence electrons. The molecule has 6 nitrogen and oxygen atoms in total. The van der Waals surface area contributed by atoms with Crippen molar-refractivity contribution in [2.45, 2.75) is 77.0 Å². The van der Waals surface area contributed by atoms with Gasteiger partial charge >= 0.3 is 6.18 Å². The van der Waals surface area contributed by atoms with Crippen LogP contribution < -0.4 is 4.90 Å². The highest BCUT2D eigenvalue weighted by Gasteiger charge is 2.48. The van der Waals surface area contributed by atoms with E-state index in [1.54, 1.807) is 18.0 Å². The first-order valence-electron chi connectivity index (χ1n) is 9.96. The Labute approximate surface area is 179 Å². The maximum Gasteiger partial charge on any atom is 0.434 e. The van der Waals surface area contributed by atoms with Crippen LogP contribution in [0.4, 0.5) is 18.9 Å². The average Bonchev–Trinajstić information content (AvgIpc) is 3.31. The van der Waals surface area contributed by atoms with E-state index in [0.717, 1.165) is 11.9 Å². The summed E-state index contributed by atoms with van der Waals surface area (Å²) < 4.78 is 42.6. The number of carbonyl (C=O) groups is 1. The number of nitrogens with zero attached hydrogens (tertiary/aromatic N) is 5. The summed E-state index contributed by atoms with van der Waals surface area (Å²) in [6.07, 6.45) is -1.62. The second-order valence-electron chi connectivity index (χ2n) is 8.45. The third-order valence-electron chi connectivity index (χ3n) is 5.93. The largest absolute Gasteiger partial charge is 0.434 e. The summed E-state index contributed by atoms with van der Waals surface area (Å²) in [6.45, 7) is 11.4. The molecule has 1 aliphatic heterocycles. The number of hydrogen-bond donors (Lipinski definition) is 0. The van der Waals surface area contributed by atoms with Crippen LogP contribution in [0.15, 0.2) is 12.4 Å². The highest BCUT2D eigenvalue weighted by Crippen LogP contribution is 2.40. The third kappa shape index (κ3) is 3.61. The summed E-state index contributed by atoms with van der Waals surface area (Å²) in [5.74, 6) is -0.0408. The average molecular weight is 446 g/mol. The lowest BCUT2D eigenvalue weighted by molar-refractivity contribution is -0.141. The van der Waals surface area contributed by atoms with Gasteiger partial charge in [0.2, 0.25) is 0 Å². The van der Waals surface area contributed by atoms with Crippen molar-refractivity contribution in [3.05, 3.63) is 29.6 Å². The highest BCUT2D eigenvalue weighted by molar-refractivity contribution is 6.20. The minimum absolute atomic E-state index is 0.0758. The fourth-order valence-corrected chi connectivity index (χ4v) is 4.15. The molecule has 0 aromatic carbocycles. The molecule has 3 heterocycles. The molecule has 1 amide bonds. The van der Waals surface area contributed by atoms with Gasteiger partial charge in [-0.25, -0.2) is 4.98 Å². The monoisotopic (exact) mass is 445 g/mol. The van der Waals surface area contributed by atoms with Crippen LogP contribution in [0.3, 0.4) is 0 Å². The summed E-state index contributed by atoms with van der Waals surface area (Å²) in [5.41, 5.74) is -0.585. The quantitative estimate of drug-likeness (QED) is 0.617. The minimum Gasteiger partial charge on any atom is -0.319 e. The van der Waals surface area contributed by atoms with Gasteiger partial charge in [0.05, 0.1) is 29.0 Å². The minimum atomic E-state index is -4.56. The van der Waals surface area contributed by atoms with Crippen molar-refractivity contribution >= 4 is 23.2 Å². The van der Waals surface area contributed by atoms with Crippen molar-refractivity contribution in [3.8, 4) is 0 Å². The van der Waals surface area contributed by atoms with E-state index < -0.39 is 17.4 Å². The van der Waals surface area contributed by atoms with Crippen molar-refractivity contribution in [2.24, 2.45) is 0 Å². The molecule has 1 fully saturated rings. The van der Waals surface area contributed by atoms with E-state index in [-0.39, 0.29) is 29.1 Å². The Balaban J connectivity index is 2.01. The van der Waals surface area contributed by atoms with Crippen LogP contribution in [0, 0.1) is 6.92 Å². The number of amides is 1. The van der Waals surface area contributed by atoms with Gasteiger partial charge in [-0.05, 0) is 40.0 Å². The van der Waals surface area contributed by atoms with E-state index in [0.29, 0.717) is 18.7 Å². The molecule has 0 saturated carbocycles. The van der Waals surface area contributed by atoms with E-state index >= 15 is 0 Å². The number of alkyl halides is 4. The van der Waals surface area contributed by atoms with Crippen molar-refractivity contribution in [3.63, 3.8) is 0 Å². The second-order valence-corrected chi connectivity index (χ2v) is 9.14. The van der Waals surface area contributed by atoms with Crippen molar-refractivity contribution in [1.29, 1.82) is 0 Å². The maximum atomic E-state index is 13.5. The van der Waals surface area contributed by atoms with Gasteiger partial charge in [-0.3, -0.25) is 9.48 Å². The topological polar surface area (TPSA) is 56.0 Å². The molecule has 3 atom stereocenters. The number of aryl methyl sites for hydroxylation is 1. The number of hydrogen-bond acceptors (Lipinski definition) is 3. The lowest BCUT2D eigenvalue weighted by atomic mass is 10.00. The van der Waals surface area contributed by atoms with E-state index in [4.69, 9.17) is 11.6 Å². The van der Waals surface area contributed by atoms with E-state index in [1.807, 2.05) is 32.4 Å². The molecule has 0 bridgehead atoms. The Bertz CT molecular complexity index is 949. The van der Waals surface area contributed by atoms with E-state index in [1.165, 1.54) is 11.5 Å². The predicted octanol–water partition coefficient (Wildman–Crippen LogP) is 4.87. The molecule has 2 aromatic rings. The number of aromatic nitrogens is 4. The summed E-state index contributed by atoms with van der Waals surface area (Å²) in [4.78, 5) is 18.7. The van der Waals surface area contributed by atoms with Crippen LogP contribution in [0.2, 0.25) is 0 Å². The first-order valence-corrected chi connectivity index (χ1v) is 10.4. The molecule has 1 aliphatic rings. The lowest BCUT2D eigenvalue weighted by Gasteiger charge is -2.27. The standard InChI is InChI=1S/C20H27ClF3N5O/c1-11(2)17-15(9-25-29(17)13(4)12(3)21)27-8-7-19(6,18(27)30)28-10-16(20(22,23)24)26-14(28)5/h9-13H,7-8H2,1-6H3/t12?,13-,19?/m1/s1. The van der Waals surface area contributed by atoms with Crippen molar-refractivity contribution in [1.82, 2.24) is 19.3 Å². The summed E-state index contributed by atoms with van der Waals surface area (Å²) in [7, 11) is 0. The number of carbonyl (C=O) groups excluding carboxylic acids is 1. The highest BCUT2D eigenvalue weighted by atomic mass is 35.5. The van der Waals surface area contributed by atoms with Gasteiger partial charge in [0.25, 0.3) is 5.91 Å². The smallest absolute Gasteiger partial charge is 0.319 e. The molecule has 2 unspecified atom stereocenters. The van der Waals surface area contributed by atoms with Crippen LogP contribution in [-0.4, -0.2) is 37.2 Å². The Morgan fingerprint density at radius 3 is 2.37 bits per heavy atom. The van der Waals surface area contributed by atoms with Crippen LogP contribution >= 0.6 is 11.6 Å². The number of anilines is 1. The van der Waals surface area contributed by atoms with Crippen LogP contribution in [-0.2, 0) is 16.5 Å². The van der Waals surface area contributed by atoms with Crippen LogP contribution in [0.25, 0.3) is 0 Å². The van der Waals surface area contributed by atoms with Crippen LogP contribution in [0.5, 0.6) is 0 Å². The van der Waals surface area contributed by atoms with Gasteiger partial charge in [0, 0.05) is 12.7 Å². The molecule has 0 N–H and O–H groups in total. The zero-order valence-electron chi connectivity index (χ0n) is 18.0. The Morgan fingerprint density at radius 1 is 1.23 bits per heavy atom. The summed E-state index contributed by atoms with van der Waals surface area (Å²) in [5, 5.41) is 4.32. The number of imidazole rings is 1. The SMILES string of the molecule is Cc1nc(C(F)(F)F)cn1C1(C)CCN(c2cnn([C@H](C)C(C)Cl)c2C(C)C)C1=O. The fraction of sp³-hybridized carbons (Fsp3) is 0.650.